The van der Waals surface area contributed by atoms with Gasteiger partial charge in [-0.1, -0.05) is 59.9 Å². The molecule has 0 spiro atoms. The second-order valence-corrected chi connectivity index (χ2v) is 6.14. The molecule has 23 heavy (non-hydrogen) atoms. The fourth-order valence-corrected chi connectivity index (χ4v) is 3.49. The highest BCUT2D eigenvalue weighted by Crippen LogP contribution is 2.36. The summed E-state index contributed by atoms with van der Waals surface area (Å²) in [4.78, 5) is 11.1. The lowest BCUT2D eigenvalue weighted by Gasteiger charge is -2.07. The number of phenols is 1. The van der Waals surface area contributed by atoms with Gasteiger partial charge in [-0.15, -0.1) is 0 Å². The molecule has 3 aromatic carbocycles. The van der Waals surface area contributed by atoms with Gasteiger partial charge >= 0.3 is 4.94 Å². The minimum atomic E-state index is -0.415. The Morgan fingerprint density at radius 1 is 0.826 bits per heavy atom. The number of phenolic OH excluding ortho intramolecular Hbond substituents is 1. The summed E-state index contributed by atoms with van der Waals surface area (Å²) in [5.74, 6) is -0.0127. The summed E-state index contributed by atoms with van der Waals surface area (Å²) in [5, 5.41) is 9.86. The molecule has 0 amide bonds. The van der Waals surface area contributed by atoms with Crippen LogP contribution in [0.2, 0.25) is 0 Å². The van der Waals surface area contributed by atoms with Gasteiger partial charge in [0.05, 0.1) is 4.70 Å². The number of fused-ring (bicyclic) bond motifs is 1. The lowest BCUT2D eigenvalue weighted by Crippen LogP contribution is -1.82. The van der Waals surface area contributed by atoms with E-state index in [0.29, 0.717) is 4.70 Å². The first-order valence-electron chi connectivity index (χ1n) is 7.14. The average molecular weight is 320 g/mol. The quantitative estimate of drug-likeness (QED) is 0.572. The van der Waals surface area contributed by atoms with E-state index in [2.05, 4.69) is 18.2 Å². The van der Waals surface area contributed by atoms with Crippen molar-refractivity contribution in [2.24, 2.45) is 0 Å². The van der Waals surface area contributed by atoms with Crippen molar-refractivity contribution in [3.8, 4) is 28.0 Å². The molecular weight excluding hydrogens is 308 g/mol. The Hall–Kier alpha value is -2.85. The summed E-state index contributed by atoms with van der Waals surface area (Å²) < 4.78 is 5.76. The van der Waals surface area contributed by atoms with E-state index in [1.165, 1.54) is 0 Å². The highest BCUT2D eigenvalue weighted by molar-refractivity contribution is 7.16. The fourth-order valence-electron chi connectivity index (χ4n) is 2.66. The molecule has 112 valence electrons. The SMILES string of the molecule is O=c1oc2c(O)ccc(-c3cccc(-c4ccccc4)c3)c2s1. The van der Waals surface area contributed by atoms with E-state index >= 15 is 0 Å². The molecule has 0 aliphatic rings. The molecule has 0 unspecified atom stereocenters. The third kappa shape index (κ3) is 2.43. The molecule has 3 nitrogen and oxygen atoms in total. The highest BCUT2D eigenvalue weighted by Gasteiger charge is 2.13. The molecule has 0 atom stereocenters. The Bertz CT molecular complexity index is 1050. The van der Waals surface area contributed by atoms with Crippen LogP contribution >= 0.6 is 11.3 Å². The normalized spacial score (nSPS) is 11.0. The van der Waals surface area contributed by atoms with E-state index in [4.69, 9.17) is 4.42 Å². The van der Waals surface area contributed by atoms with E-state index in [1.807, 2.05) is 42.5 Å². The molecule has 0 aliphatic heterocycles. The standard InChI is InChI=1S/C19H12O3S/c20-16-10-9-15(18-17(16)22-19(21)23-18)14-8-4-7-13(11-14)12-5-2-1-3-6-12/h1-11,20H. The summed E-state index contributed by atoms with van der Waals surface area (Å²) in [6.07, 6.45) is 0. The fraction of sp³-hybridized carbons (Fsp3) is 0. The molecule has 1 aromatic heterocycles. The molecule has 4 heteroatoms. The van der Waals surface area contributed by atoms with E-state index in [0.717, 1.165) is 33.6 Å². The highest BCUT2D eigenvalue weighted by atomic mass is 32.1. The zero-order valence-corrected chi connectivity index (χ0v) is 12.8. The molecule has 0 radical (unpaired) electrons. The van der Waals surface area contributed by atoms with Crippen molar-refractivity contribution in [1.82, 2.24) is 0 Å². The third-order valence-corrected chi connectivity index (χ3v) is 4.60. The number of hydrogen-bond acceptors (Lipinski definition) is 4. The van der Waals surface area contributed by atoms with Crippen molar-refractivity contribution in [3.63, 3.8) is 0 Å². The minimum Gasteiger partial charge on any atom is -0.504 e. The third-order valence-electron chi connectivity index (χ3n) is 3.74. The van der Waals surface area contributed by atoms with Gasteiger partial charge in [-0.05, 0) is 34.9 Å². The molecular formula is C19H12O3S. The second kappa shape index (κ2) is 5.41. The number of aromatic hydroxyl groups is 1. The molecule has 0 saturated carbocycles. The zero-order chi connectivity index (χ0) is 15.8. The average Bonchev–Trinajstić information content (AvgIpc) is 2.98. The summed E-state index contributed by atoms with van der Waals surface area (Å²) in [7, 11) is 0. The van der Waals surface area contributed by atoms with Crippen LogP contribution in [-0.2, 0) is 0 Å². The Morgan fingerprint density at radius 3 is 2.39 bits per heavy atom. The van der Waals surface area contributed by atoms with Crippen LogP contribution in [0.3, 0.4) is 0 Å². The van der Waals surface area contributed by atoms with Gasteiger partial charge in [0.25, 0.3) is 0 Å². The van der Waals surface area contributed by atoms with Gasteiger partial charge < -0.3 is 9.52 Å². The van der Waals surface area contributed by atoms with Gasteiger partial charge in [0.15, 0.2) is 11.3 Å². The molecule has 0 fully saturated rings. The Kier molecular flexibility index (Phi) is 3.24. The number of benzene rings is 3. The summed E-state index contributed by atoms with van der Waals surface area (Å²) in [6, 6.07) is 21.6. The molecule has 1 N–H and O–H groups in total. The molecule has 4 rings (SSSR count). The lowest BCUT2D eigenvalue weighted by molar-refractivity contribution is 0.461. The van der Waals surface area contributed by atoms with Crippen molar-refractivity contribution in [2.45, 2.75) is 0 Å². The van der Waals surface area contributed by atoms with Crippen LogP contribution in [0.15, 0.2) is 75.9 Å². The summed E-state index contributed by atoms with van der Waals surface area (Å²) in [5.41, 5.74) is 4.34. The van der Waals surface area contributed by atoms with E-state index in [1.54, 1.807) is 6.07 Å². The molecule has 1 heterocycles. The monoisotopic (exact) mass is 320 g/mol. The maximum atomic E-state index is 11.6. The maximum Gasteiger partial charge on any atom is 0.396 e. The Balaban J connectivity index is 1.92. The van der Waals surface area contributed by atoms with E-state index in [9.17, 15) is 9.90 Å². The molecule has 0 aliphatic carbocycles. The lowest BCUT2D eigenvalue weighted by atomic mass is 9.99. The summed E-state index contributed by atoms with van der Waals surface area (Å²) in [6.45, 7) is 0. The Morgan fingerprint density at radius 2 is 1.57 bits per heavy atom. The van der Waals surface area contributed by atoms with Gasteiger partial charge in [0, 0.05) is 5.56 Å². The van der Waals surface area contributed by atoms with Gasteiger partial charge in [-0.25, -0.2) is 4.79 Å². The maximum absolute atomic E-state index is 11.6. The number of rotatable bonds is 2. The van der Waals surface area contributed by atoms with Crippen LogP contribution in [0.4, 0.5) is 0 Å². The largest absolute Gasteiger partial charge is 0.504 e. The first-order valence-corrected chi connectivity index (χ1v) is 7.95. The first kappa shape index (κ1) is 13.8. The van der Waals surface area contributed by atoms with Crippen LogP contribution in [0.1, 0.15) is 0 Å². The van der Waals surface area contributed by atoms with Crippen LogP contribution in [-0.4, -0.2) is 5.11 Å². The number of hydrogen-bond donors (Lipinski definition) is 1. The van der Waals surface area contributed by atoms with Crippen molar-refractivity contribution < 1.29 is 9.52 Å². The molecule has 4 aromatic rings. The topological polar surface area (TPSA) is 50.4 Å². The van der Waals surface area contributed by atoms with Crippen LogP contribution in [0, 0.1) is 0 Å². The van der Waals surface area contributed by atoms with E-state index < -0.39 is 4.94 Å². The smallest absolute Gasteiger partial charge is 0.396 e. The van der Waals surface area contributed by atoms with Gasteiger partial charge in [-0.3, -0.25) is 0 Å². The van der Waals surface area contributed by atoms with Gasteiger partial charge in [0.1, 0.15) is 0 Å². The van der Waals surface area contributed by atoms with Crippen molar-refractivity contribution >= 4 is 21.6 Å². The van der Waals surface area contributed by atoms with Crippen LogP contribution in [0.25, 0.3) is 32.5 Å². The van der Waals surface area contributed by atoms with Crippen LogP contribution < -0.4 is 4.94 Å². The summed E-state index contributed by atoms with van der Waals surface area (Å²) >= 11 is 1.01. The minimum absolute atomic E-state index is 0.0127. The molecule has 0 saturated heterocycles. The molecule has 0 bridgehead atoms. The van der Waals surface area contributed by atoms with Gasteiger partial charge in [0.2, 0.25) is 0 Å². The van der Waals surface area contributed by atoms with E-state index in [-0.39, 0.29) is 11.3 Å². The second-order valence-electron chi connectivity index (χ2n) is 5.19. The predicted molar refractivity (Wildman–Crippen MR) is 92.9 cm³/mol. The zero-order valence-electron chi connectivity index (χ0n) is 12.0. The van der Waals surface area contributed by atoms with Crippen molar-refractivity contribution in [2.75, 3.05) is 0 Å². The first-order chi connectivity index (χ1) is 11.2. The Labute approximate surface area is 136 Å². The van der Waals surface area contributed by atoms with Gasteiger partial charge in [-0.2, -0.15) is 0 Å². The van der Waals surface area contributed by atoms with Crippen LogP contribution in [0.5, 0.6) is 5.75 Å². The predicted octanol–water partition coefficient (Wildman–Crippen LogP) is 4.89. The van der Waals surface area contributed by atoms with Crippen molar-refractivity contribution in [1.29, 1.82) is 0 Å². The van der Waals surface area contributed by atoms with Crippen molar-refractivity contribution in [3.05, 3.63) is 76.5 Å².